The van der Waals surface area contributed by atoms with Crippen molar-refractivity contribution >= 4 is 39.4 Å². The van der Waals surface area contributed by atoms with Crippen LogP contribution in [0.2, 0.25) is 0 Å². The lowest BCUT2D eigenvalue weighted by Crippen LogP contribution is -2.60. The van der Waals surface area contributed by atoms with E-state index in [1.165, 1.54) is 11.2 Å². The highest BCUT2D eigenvalue weighted by molar-refractivity contribution is 7.18. The SMILES string of the molecule is CC(C)(C)OC(=O)N1CC2(C=C1C(=O)N1CC3(CCN(c4ncnc5sc(CC(F)(F)F)cc45)C3)C1)CC2. The summed E-state index contributed by atoms with van der Waals surface area (Å²) in [7, 11) is 0. The maximum atomic E-state index is 13.5. The van der Waals surface area contributed by atoms with Gasteiger partial charge >= 0.3 is 12.3 Å². The minimum atomic E-state index is -4.28. The molecule has 0 atom stereocenters. The number of alkyl halides is 3. The van der Waals surface area contributed by atoms with Gasteiger partial charge in [-0.3, -0.25) is 9.69 Å². The molecule has 3 fully saturated rings. The molecule has 2 saturated heterocycles. The lowest BCUT2D eigenvalue weighted by Gasteiger charge is -2.48. The zero-order valence-electron chi connectivity index (χ0n) is 21.6. The van der Waals surface area contributed by atoms with E-state index in [9.17, 15) is 22.8 Å². The van der Waals surface area contributed by atoms with Gasteiger partial charge in [-0.1, -0.05) is 0 Å². The molecule has 12 heteroatoms. The Hall–Kier alpha value is -2.89. The van der Waals surface area contributed by atoms with E-state index in [0.717, 1.165) is 30.6 Å². The Morgan fingerprint density at radius 1 is 1.08 bits per heavy atom. The van der Waals surface area contributed by atoms with E-state index >= 15 is 0 Å². The zero-order chi connectivity index (χ0) is 27.1. The summed E-state index contributed by atoms with van der Waals surface area (Å²) >= 11 is 1.05. The topological polar surface area (TPSA) is 78.9 Å². The molecule has 2 aromatic rings. The van der Waals surface area contributed by atoms with Crippen LogP contribution in [0.1, 0.15) is 44.9 Å². The quantitative estimate of drug-likeness (QED) is 0.550. The van der Waals surface area contributed by atoms with E-state index in [1.54, 1.807) is 11.0 Å². The Balaban J connectivity index is 1.14. The van der Waals surface area contributed by atoms with Crippen LogP contribution in [0, 0.1) is 10.8 Å². The molecular formula is C26H30F3N5O3S. The Morgan fingerprint density at radius 3 is 2.47 bits per heavy atom. The number of hydrogen-bond acceptors (Lipinski definition) is 7. The van der Waals surface area contributed by atoms with Crippen LogP contribution in [-0.4, -0.2) is 76.3 Å². The van der Waals surface area contributed by atoms with Crippen LogP contribution in [-0.2, 0) is 16.0 Å². The van der Waals surface area contributed by atoms with E-state index in [4.69, 9.17) is 4.74 Å². The first-order chi connectivity index (χ1) is 17.7. The maximum absolute atomic E-state index is 13.5. The van der Waals surface area contributed by atoms with Gasteiger partial charge in [-0.15, -0.1) is 11.3 Å². The molecule has 0 unspecified atom stereocenters. The van der Waals surface area contributed by atoms with Gasteiger partial charge in [0.15, 0.2) is 0 Å². The van der Waals surface area contributed by atoms with Crippen LogP contribution in [0.15, 0.2) is 24.2 Å². The van der Waals surface area contributed by atoms with Gasteiger partial charge in [0, 0.05) is 48.4 Å². The van der Waals surface area contributed by atoms with Gasteiger partial charge in [0.25, 0.3) is 5.91 Å². The molecule has 204 valence electrons. The second kappa shape index (κ2) is 8.30. The molecule has 38 heavy (non-hydrogen) atoms. The summed E-state index contributed by atoms with van der Waals surface area (Å²) < 4.78 is 44.3. The molecule has 4 aliphatic rings. The summed E-state index contributed by atoms with van der Waals surface area (Å²) in [5.74, 6) is 0.495. The number of likely N-dealkylation sites (tertiary alicyclic amines) is 1. The largest absolute Gasteiger partial charge is 0.443 e. The molecule has 0 N–H and O–H groups in total. The van der Waals surface area contributed by atoms with E-state index in [1.807, 2.05) is 26.8 Å². The van der Waals surface area contributed by atoms with Crippen molar-refractivity contribution in [1.82, 2.24) is 19.8 Å². The standard InChI is InChI=1S/C26H30F3N5O3S/c1-23(2,3)37-22(36)34-14-24(4-5-24)10-18(34)21(35)33-12-25(13-33)6-7-32(11-25)19-17-8-16(9-26(27,28)29)38-20(17)31-15-30-19/h8,10,15H,4-7,9,11-14H2,1-3H3. The Labute approximate surface area is 222 Å². The maximum Gasteiger partial charge on any atom is 0.415 e. The summed E-state index contributed by atoms with van der Waals surface area (Å²) in [6, 6.07) is 1.55. The third-order valence-corrected chi connectivity index (χ3v) is 8.79. The zero-order valence-corrected chi connectivity index (χ0v) is 22.4. The molecule has 8 nitrogen and oxygen atoms in total. The number of ether oxygens (including phenoxy) is 1. The molecule has 1 aliphatic carbocycles. The predicted octanol–water partition coefficient (Wildman–Crippen LogP) is 4.75. The third-order valence-electron chi connectivity index (χ3n) is 7.74. The van der Waals surface area contributed by atoms with E-state index in [-0.39, 0.29) is 21.6 Å². The molecule has 1 saturated carbocycles. The van der Waals surface area contributed by atoms with Crippen molar-refractivity contribution in [1.29, 1.82) is 0 Å². The van der Waals surface area contributed by atoms with Crippen molar-refractivity contribution in [3.05, 3.63) is 29.0 Å². The predicted molar refractivity (Wildman–Crippen MR) is 136 cm³/mol. The number of amides is 2. The van der Waals surface area contributed by atoms with Crippen LogP contribution >= 0.6 is 11.3 Å². The van der Waals surface area contributed by atoms with E-state index < -0.39 is 24.3 Å². The van der Waals surface area contributed by atoms with Gasteiger partial charge in [0.2, 0.25) is 0 Å². The molecule has 2 amide bonds. The number of carbonyl (C=O) groups excluding carboxylic acids is 2. The smallest absolute Gasteiger partial charge is 0.415 e. The Kier molecular flexibility index (Phi) is 5.55. The lowest BCUT2D eigenvalue weighted by atomic mass is 9.79. The molecule has 0 aromatic carbocycles. The summed E-state index contributed by atoms with van der Waals surface area (Å²) in [6.07, 6.45) is 0.381. The number of nitrogens with zero attached hydrogens (tertiary/aromatic N) is 5. The van der Waals surface area contributed by atoms with Gasteiger partial charge in [0.05, 0.1) is 11.8 Å². The highest BCUT2D eigenvalue weighted by atomic mass is 32.1. The number of carbonyl (C=O) groups is 2. The fourth-order valence-electron chi connectivity index (χ4n) is 5.81. The van der Waals surface area contributed by atoms with Gasteiger partial charge in [-0.2, -0.15) is 13.2 Å². The summed E-state index contributed by atoms with van der Waals surface area (Å²) in [5, 5.41) is 0.639. The van der Waals surface area contributed by atoms with Crippen LogP contribution in [0.25, 0.3) is 10.2 Å². The van der Waals surface area contributed by atoms with Crippen LogP contribution < -0.4 is 4.90 Å². The molecule has 0 bridgehead atoms. The number of halogens is 3. The van der Waals surface area contributed by atoms with Crippen molar-refractivity contribution in [2.45, 2.75) is 58.2 Å². The van der Waals surface area contributed by atoms with Crippen molar-refractivity contribution in [3.63, 3.8) is 0 Å². The van der Waals surface area contributed by atoms with Crippen LogP contribution in [0.5, 0.6) is 0 Å². The van der Waals surface area contributed by atoms with Gasteiger partial charge in [0.1, 0.15) is 28.3 Å². The molecule has 5 heterocycles. The molecule has 2 spiro atoms. The number of anilines is 1. The monoisotopic (exact) mass is 549 g/mol. The van der Waals surface area contributed by atoms with Gasteiger partial charge in [-0.25, -0.2) is 14.8 Å². The number of fused-ring (bicyclic) bond motifs is 1. The molecular weight excluding hydrogens is 519 g/mol. The first kappa shape index (κ1) is 25.4. The van der Waals surface area contributed by atoms with Gasteiger partial charge < -0.3 is 14.5 Å². The van der Waals surface area contributed by atoms with E-state index in [0.29, 0.717) is 54.5 Å². The minimum absolute atomic E-state index is 0.0987. The summed E-state index contributed by atoms with van der Waals surface area (Å²) in [5.41, 5.74) is -0.445. The fraction of sp³-hybridized carbons (Fsp3) is 0.615. The lowest BCUT2D eigenvalue weighted by molar-refractivity contribution is -0.139. The van der Waals surface area contributed by atoms with Crippen molar-refractivity contribution in [2.75, 3.05) is 37.6 Å². The first-order valence-corrected chi connectivity index (χ1v) is 13.6. The van der Waals surface area contributed by atoms with Gasteiger partial charge in [-0.05, 0) is 52.2 Å². The van der Waals surface area contributed by atoms with Crippen molar-refractivity contribution < 1.29 is 27.5 Å². The highest BCUT2D eigenvalue weighted by Gasteiger charge is 2.55. The number of hydrogen-bond donors (Lipinski definition) is 0. The van der Waals surface area contributed by atoms with Crippen LogP contribution in [0.3, 0.4) is 0 Å². The van der Waals surface area contributed by atoms with Crippen molar-refractivity contribution in [3.8, 4) is 0 Å². The second-order valence-corrected chi connectivity index (χ2v) is 13.3. The average Bonchev–Trinajstić information content (AvgIpc) is 3.11. The summed E-state index contributed by atoms with van der Waals surface area (Å²) in [6.45, 7) is 8.39. The summed E-state index contributed by atoms with van der Waals surface area (Å²) in [4.78, 5) is 41.1. The van der Waals surface area contributed by atoms with E-state index in [2.05, 4.69) is 14.9 Å². The molecule has 0 radical (unpaired) electrons. The Bertz CT molecular complexity index is 1340. The normalized spacial score (nSPS) is 21.8. The third kappa shape index (κ3) is 4.71. The second-order valence-electron chi connectivity index (χ2n) is 12.2. The Morgan fingerprint density at radius 2 is 1.82 bits per heavy atom. The number of aromatic nitrogens is 2. The number of rotatable bonds is 3. The van der Waals surface area contributed by atoms with Crippen molar-refractivity contribution in [2.24, 2.45) is 10.8 Å². The number of thiophene rings is 1. The minimum Gasteiger partial charge on any atom is -0.443 e. The molecule has 6 rings (SSSR count). The first-order valence-electron chi connectivity index (χ1n) is 12.8. The fourth-order valence-corrected chi connectivity index (χ4v) is 6.83. The highest BCUT2D eigenvalue weighted by Crippen LogP contribution is 2.53. The molecule has 3 aliphatic heterocycles. The average molecular weight is 550 g/mol. The van der Waals surface area contributed by atoms with Crippen LogP contribution in [0.4, 0.5) is 23.8 Å². The molecule has 2 aromatic heterocycles.